The number of hydrogen-bond donors (Lipinski definition) is 1. The Morgan fingerprint density at radius 2 is 2.05 bits per heavy atom. The number of carbonyl (C=O) groups is 1. The van der Waals surface area contributed by atoms with Gasteiger partial charge in [0, 0.05) is 25.3 Å². The van der Waals surface area contributed by atoms with Crippen LogP contribution in [0, 0.1) is 13.8 Å². The number of amides is 1. The average molecular weight is 262 g/mol. The quantitative estimate of drug-likeness (QED) is 0.874. The van der Waals surface area contributed by atoms with E-state index < -0.39 is 6.04 Å². The van der Waals surface area contributed by atoms with Crippen LogP contribution in [0.3, 0.4) is 0 Å². The highest BCUT2D eigenvalue weighted by molar-refractivity contribution is 5.87. The highest BCUT2D eigenvalue weighted by atomic mass is 16.3. The van der Waals surface area contributed by atoms with Gasteiger partial charge in [-0.1, -0.05) is 12.1 Å². The number of rotatable bonds is 2. The molecule has 1 aromatic rings. The van der Waals surface area contributed by atoms with Gasteiger partial charge in [-0.25, -0.2) is 0 Å². The summed E-state index contributed by atoms with van der Waals surface area (Å²) in [7, 11) is 1.80. The van der Waals surface area contributed by atoms with Gasteiger partial charge in [-0.3, -0.25) is 4.79 Å². The number of hydrogen-bond acceptors (Lipinski definition) is 3. The number of aliphatic hydroxyl groups excluding tert-OH is 1. The Hall–Kier alpha value is -1.55. The van der Waals surface area contributed by atoms with E-state index in [-0.39, 0.29) is 18.6 Å². The largest absolute Gasteiger partial charge is 0.394 e. The summed E-state index contributed by atoms with van der Waals surface area (Å²) in [6.45, 7) is 6.76. The lowest BCUT2D eigenvalue weighted by molar-refractivity contribution is -0.136. The van der Waals surface area contributed by atoms with Crippen LogP contribution in [0.1, 0.15) is 18.1 Å². The van der Waals surface area contributed by atoms with E-state index in [2.05, 4.69) is 19.9 Å². The first kappa shape index (κ1) is 13.9. The molecule has 4 heteroatoms. The predicted molar refractivity (Wildman–Crippen MR) is 76.4 cm³/mol. The normalized spacial score (nSPS) is 23.9. The van der Waals surface area contributed by atoms with Gasteiger partial charge >= 0.3 is 0 Å². The third-order valence-electron chi connectivity index (χ3n) is 4.19. The molecule has 1 amide bonds. The maximum absolute atomic E-state index is 12.3. The molecule has 19 heavy (non-hydrogen) atoms. The van der Waals surface area contributed by atoms with Crippen molar-refractivity contribution in [3.05, 3.63) is 29.3 Å². The van der Waals surface area contributed by atoms with E-state index in [1.54, 1.807) is 11.9 Å². The van der Waals surface area contributed by atoms with Crippen molar-refractivity contribution in [3.8, 4) is 0 Å². The summed E-state index contributed by atoms with van der Waals surface area (Å²) in [5.74, 6) is -0.0119. The lowest BCUT2D eigenvalue weighted by Crippen LogP contribution is -2.61. The molecule has 1 aromatic carbocycles. The SMILES string of the molecule is Cc1cccc(N2CC(C)N(C)C(=O)C2CO)c1C. The van der Waals surface area contributed by atoms with Gasteiger partial charge in [0.15, 0.2) is 0 Å². The van der Waals surface area contributed by atoms with Crippen molar-refractivity contribution in [3.63, 3.8) is 0 Å². The minimum absolute atomic E-state index is 0.0119. The van der Waals surface area contributed by atoms with E-state index in [4.69, 9.17) is 0 Å². The van der Waals surface area contributed by atoms with Gasteiger partial charge in [-0.15, -0.1) is 0 Å². The van der Waals surface area contributed by atoms with Gasteiger partial charge < -0.3 is 14.9 Å². The molecule has 1 heterocycles. The van der Waals surface area contributed by atoms with E-state index >= 15 is 0 Å². The number of benzene rings is 1. The summed E-state index contributed by atoms with van der Waals surface area (Å²) in [5.41, 5.74) is 3.42. The third kappa shape index (κ3) is 2.32. The van der Waals surface area contributed by atoms with Gasteiger partial charge in [0.05, 0.1) is 6.61 Å². The molecule has 1 N–H and O–H groups in total. The van der Waals surface area contributed by atoms with Crippen LogP contribution in [-0.4, -0.2) is 48.2 Å². The second-order valence-electron chi connectivity index (χ2n) is 5.37. The van der Waals surface area contributed by atoms with Crippen LogP contribution in [0.5, 0.6) is 0 Å². The molecular weight excluding hydrogens is 240 g/mol. The van der Waals surface area contributed by atoms with Crippen LogP contribution in [0.2, 0.25) is 0 Å². The number of nitrogens with zero attached hydrogens (tertiary/aromatic N) is 2. The second kappa shape index (κ2) is 5.21. The van der Waals surface area contributed by atoms with Crippen molar-refractivity contribution < 1.29 is 9.90 Å². The Balaban J connectivity index is 2.42. The van der Waals surface area contributed by atoms with Crippen LogP contribution in [0.4, 0.5) is 5.69 Å². The van der Waals surface area contributed by atoms with E-state index in [9.17, 15) is 9.90 Å². The third-order valence-corrected chi connectivity index (χ3v) is 4.19. The Morgan fingerprint density at radius 3 is 2.68 bits per heavy atom. The lowest BCUT2D eigenvalue weighted by Gasteiger charge is -2.44. The maximum Gasteiger partial charge on any atom is 0.247 e. The van der Waals surface area contributed by atoms with Gasteiger partial charge in [0.1, 0.15) is 6.04 Å². The summed E-state index contributed by atoms with van der Waals surface area (Å²) in [5, 5.41) is 9.57. The minimum Gasteiger partial charge on any atom is -0.394 e. The molecule has 2 rings (SSSR count). The summed E-state index contributed by atoms with van der Waals surface area (Å²) >= 11 is 0. The van der Waals surface area contributed by atoms with E-state index in [1.165, 1.54) is 11.1 Å². The number of likely N-dealkylation sites (N-methyl/N-ethyl adjacent to an activating group) is 1. The van der Waals surface area contributed by atoms with Crippen LogP contribution in [-0.2, 0) is 4.79 Å². The summed E-state index contributed by atoms with van der Waals surface area (Å²) in [6, 6.07) is 5.76. The van der Waals surface area contributed by atoms with Crippen molar-refractivity contribution in [2.24, 2.45) is 0 Å². The highest BCUT2D eigenvalue weighted by Crippen LogP contribution is 2.28. The molecule has 0 bridgehead atoms. The fourth-order valence-electron chi connectivity index (χ4n) is 2.61. The molecular formula is C15H22N2O2. The van der Waals surface area contributed by atoms with Gasteiger partial charge in [-0.2, -0.15) is 0 Å². The maximum atomic E-state index is 12.3. The summed E-state index contributed by atoms with van der Waals surface area (Å²) in [6.07, 6.45) is 0. The molecule has 0 aromatic heterocycles. The molecule has 0 saturated carbocycles. The molecule has 1 saturated heterocycles. The Morgan fingerprint density at radius 1 is 1.37 bits per heavy atom. The lowest BCUT2D eigenvalue weighted by atomic mass is 10.0. The highest BCUT2D eigenvalue weighted by Gasteiger charge is 2.36. The molecule has 1 aliphatic rings. The smallest absolute Gasteiger partial charge is 0.247 e. The molecule has 0 radical (unpaired) electrons. The van der Waals surface area contributed by atoms with E-state index in [1.807, 2.05) is 24.0 Å². The predicted octanol–water partition coefficient (Wildman–Crippen LogP) is 1.33. The molecule has 2 unspecified atom stereocenters. The monoisotopic (exact) mass is 262 g/mol. The van der Waals surface area contributed by atoms with Crippen molar-refractivity contribution in [1.29, 1.82) is 0 Å². The van der Waals surface area contributed by atoms with Crippen molar-refractivity contribution in [2.75, 3.05) is 25.1 Å². The zero-order chi connectivity index (χ0) is 14.2. The Bertz CT molecular complexity index is 487. The fourth-order valence-corrected chi connectivity index (χ4v) is 2.61. The first-order valence-electron chi connectivity index (χ1n) is 6.67. The zero-order valence-corrected chi connectivity index (χ0v) is 12.1. The molecule has 0 spiro atoms. The minimum atomic E-state index is -0.471. The number of carbonyl (C=O) groups excluding carboxylic acids is 1. The summed E-state index contributed by atoms with van der Waals surface area (Å²) in [4.78, 5) is 16.0. The van der Waals surface area contributed by atoms with Crippen LogP contribution >= 0.6 is 0 Å². The molecule has 1 fully saturated rings. The van der Waals surface area contributed by atoms with E-state index in [0.717, 1.165) is 12.2 Å². The van der Waals surface area contributed by atoms with Crippen molar-refractivity contribution in [2.45, 2.75) is 32.9 Å². The first-order chi connectivity index (χ1) is 8.97. The second-order valence-corrected chi connectivity index (χ2v) is 5.37. The summed E-state index contributed by atoms with van der Waals surface area (Å²) < 4.78 is 0. The molecule has 0 aliphatic carbocycles. The van der Waals surface area contributed by atoms with Crippen molar-refractivity contribution in [1.82, 2.24) is 4.90 Å². The van der Waals surface area contributed by atoms with Crippen LogP contribution in [0.25, 0.3) is 0 Å². The first-order valence-corrected chi connectivity index (χ1v) is 6.67. The number of aliphatic hydroxyl groups is 1. The molecule has 104 valence electrons. The Kier molecular flexibility index (Phi) is 3.80. The molecule has 1 aliphatic heterocycles. The zero-order valence-electron chi connectivity index (χ0n) is 12.1. The number of piperazine rings is 1. The van der Waals surface area contributed by atoms with Crippen LogP contribution < -0.4 is 4.90 Å². The topological polar surface area (TPSA) is 43.8 Å². The van der Waals surface area contributed by atoms with Crippen LogP contribution in [0.15, 0.2) is 18.2 Å². The Labute approximate surface area is 114 Å². The van der Waals surface area contributed by atoms with Gasteiger partial charge in [-0.05, 0) is 38.0 Å². The molecule has 2 atom stereocenters. The van der Waals surface area contributed by atoms with Gasteiger partial charge in [0.25, 0.3) is 0 Å². The standard InChI is InChI=1S/C15H22N2O2/c1-10-6-5-7-13(12(10)3)17-8-11(2)16(4)15(19)14(17)9-18/h5-7,11,14,18H,8-9H2,1-4H3. The number of anilines is 1. The number of aryl methyl sites for hydroxylation is 1. The average Bonchev–Trinajstić information content (AvgIpc) is 2.39. The fraction of sp³-hybridized carbons (Fsp3) is 0.533. The van der Waals surface area contributed by atoms with Gasteiger partial charge in [0.2, 0.25) is 5.91 Å². The van der Waals surface area contributed by atoms with Crippen molar-refractivity contribution >= 4 is 11.6 Å². The molecule has 4 nitrogen and oxygen atoms in total. The van der Waals surface area contributed by atoms with E-state index in [0.29, 0.717) is 0 Å².